The number of nitrogens with one attached hydrogen (secondary N) is 2. The molecule has 0 bridgehead atoms. The van der Waals surface area contributed by atoms with Crippen LogP contribution in [0.15, 0.2) is 60.7 Å². The Bertz CT molecular complexity index is 923. The van der Waals surface area contributed by atoms with Gasteiger partial charge < -0.3 is 10.6 Å². The molecule has 3 aromatic rings. The minimum absolute atomic E-state index is 0.0301. The molecule has 0 spiro atoms. The second-order valence-electron chi connectivity index (χ2n) is 5.52. The summed E-state index contributed by atoms with van der Waals surface area (Å²) in [5.74, 6) is 0.0957. The van der Waals surface area contributed by atoms with E-state index in [1.165, 1.54) is 6.92 Å². The normalized spacial score (nSPS) is 10.2. The van der Waals surface area contributed by atoms with Crippen molar-refractivity contribution in [2.75, 3.05) is 10.6 Å². The summed E-state index contributed by atoms with van der Waals surface area (Å²) in [5.41, 5.74) is 2.15. The number of hydrogen-bond acceptors (Lipinski definition) is 5. The Labute approximate surface area is 155 Å². The fourth-order valence-corrected chi connectivity index (χ4v) is 2.31. The van der Waals surface area contributed by atoms with Gasteiger partial charge in [-0.3, -0.25) is 9.59 Å². The highest BCUT2D eigenvalue weighted by Gasteiger charge is 2.09. The summed E-state index contributed by atoms with van der Waals surface area (Å²) in [5, 5.41) is 14.3. The number of carbonyl (C=O) groups excluding carboxylic acids is 2. The number of halogens is 1. The van der Waals surface area contributed by atoms with E-state index in [1.807, 2.05) is 12.1 Å². The van der Waals surface area contributed by atoms with Crippen molar-refractivity contribution in [2.24, 2.45) is 0 Å². The van der Waals surface area contributed by atoms with Gasteiger partial charge in [0.25, 0.3) is 5.91 Å². The quantitative estimate of drug-likeness (QED) is 0.656. The molecular weight excluding hydrogens is 352 g/mol. The topological polar surface area (TPSA) is 84.0 Å². The molecule has 1 amide bonds. The Morgan fingerprint density at radius 2 is 1.50 bits per heavy atom. The fraction of sp³-hybridized carbons (Fsp3) is 0.0526. The van der Waals surface area contributed by atoms with Crippen LogP contribution >= 0.6 is 11.6 Å². The molecule has 0 unspecified atom stereocenters. The van der Waals surface area contributed by atoms with E-state index in [1.54, 1.807) is 48.5 Å². The highest BCUT2D eigenvalue weighted by atomic mass is 35.5. The van der Waals surface area contributed by atoms with Gasteiger partial charge in [0.2, 0.25) is 0 Å². The summed E-state index contributed by atoms with van der Waals surface area (Å²) in [7, 11) is 0. The van der Waals surface area contributed by atoms with Crippen LogP contribution < -0.4 is 10.6 Å². The largest absolute Gasteiger partial charge is 0.339 e. The van der Waals surface area contributed by atoms with Crippen LogP contribution in [0.3, 0.4) is 0 Å². The van der Waals surface area contributed by atoms with Crippen molar-refractivity contribution in [3.8, 4) is 0 Å². The third-order valence-electron chi connectivity index (χ3n) is 3.56. The molecular formula is C19H15ClN4O2. The minimum atomic E-state index is -0.383. The van der Waals surface area contributed by atoms with Crippen molar-refractivity contribution >= 4 is 40.5 Å². The molecule has 2 N–H and O–H groups in total. The van der Waals surface area contributed by atoms with Crippen LogP contribution in [0.25, 0.3) is 0 Å². The molecule has 0 aliphatic heterocycles. The number of carbonyl (C=O) groups is 2. The second kappa shape index (κ2) is 7.76. The third kappa shape index (κ3) is 4.43. The highest BCUT2D eigenvalue weighted by molar-refractivity contribution is 6.30. The van der Waals surface area contributed by atoms with Gasteiger partial charge in [-0.05, 0) is 67.6 Å². The first-order valence-electron chi connectivity index (χ1n) is 7.80. The molecule has 0 aliphatic carbocycles. The van der Waals surface area contributed by atoms with Gasteiger partial charge in [-0.15, -0.1) is 10.2 Å². The zero-order chi connectivity index (χ0) is 18.5. The molecule has 7 heteroatoms. The van der Waals surface area contributed by atoms with Gasteiger partial charge in [0.15, 0.2) is 17.3 Å². The van der Waals surface area contributed by atoms with Gasteiger partial charge in [0, 0.05) is 22.0 Å². The average Bonchev–Trinajstić information content (AvgIpc) is 2.64. The number of anilines is 3. The van der Waals surface area contributed by atoms with Gasteiger partial charge in [-0.2, -0.15) is 0 Å². The molecule has 1 heterocycles. The number of Topliss-reactive ketones (excluding diaryl/α,β-unsaturated/α-hetero) is 1. The van der Waals surface area contributed by atoms with E-state index >= 15 is 0 Å². The number of nitrogens with zero attached hydrogens (tertiary/aromatic N) is 2. The Morgan fingerprint density at radius 3 is 2.08 bits per heavy atom. The maximum Gasteiger partial charge on any atom is 0.276 e. The zero-order valence-corrected chi connectivity index (χ0v) is 14.6. The average molecular weight is 367 g/mol. The maximum atomic E-state index is 12.2. The molecule has 0 saturated heterocycles. The van der Waals surface area contributed by atoms with E-state index < -0.39 is 0 Å². The van der Waals surface area contributed by atoms with Crippen molar-refractivity contribution in [1.82, 2.24) is 10.2 Å². The van der Waals surface area contributed by atoms with Gasteiger partial charge in [-0.1, -0.05) is 11.6 Å². The number of benzene rings is 2. The van der Waals surface area contributed by atoms with Crippen molar-refractivity contribution in [1.29, 1.82) is 0 Å². The molecule has 6 nitrogen and oxygen atoms in total. The molecule has 26 heavy (non-hydrogen) atoms. The molecule has 0 aliphatic rings. The summed E-state index contributed by atoms with van der Waals surface area (Å²) < 4.78 is 0. The maximum absolute atomic E-state index is 12.2. The lowest BCUT2D eigenvalue weighted by molar-refractivity contribution is 0.101. The SMILES string of the molecule is CC(=O)c1ccc(NC(=O)c2ccc(Nc3ccc(Cl)cc3)nn2)cc1. The van der Waals surface area contributed by atoms with Gasteiger partial charge in [0.1, 0.15) is 0 Å². The number of aromatic nitrogens is 2. The lowest BCUT2D eigenvalue weighted by Crippen LogP contribution is -2.14. The Kier molecular flexibility index (Phi) is 5.24. The molecule has 0 atom stereocenters. The van der Waals surface area contributed by atoms with E-state index in [0.717, 1.165) is 5.69 Å². The summed E-state index contributed by atoms with van der Waals surface area (Å²) >= 11 is 5.84. The predicted octanol–water partition coefficient (Wildman–Crippen LogP) is 4.33. The van der Waals surface area contributed by atoms with Crippen molar-refractivity contribution in [2.45, 2.75) is 6.92 Å². The molecule has 130 valence electrons. The van der Waals surface area contributed by atoms with Crippen LogP contribution in [0.5, 0.6) is 0 Å². The van der Waals surface area contributed by atoms with Gasteiger partial charge in [0.05, 0.1) is 0 Å². The van der Waals surface area contributed by atoms with E-state index in [2.05, 4.69) is 20.8 Å². The minimum Gasteiger partial charge on any atom is -0.339 e. The van der Waals surface area contributed by atoms with Crippen LogP contribution in [0.4, 0.5) is 17.2 Å². The summed E-state index contributed by atoms with van der Waals surface area (Å²) in [4.78, 5) is 23.5. The lowest BCUT2D eigenvalue weighted by Gasteiger charge is -2.07. The van der Waals surface area contributed by atoms with Gasteiger partial charge >= 0.3 is 0 Å². The zero-order valence-electron chi connectivity index (χ0n) is 13.9. The second-order valence-corrected chi connectivity index (χ2v) is 5.96. The molecule has 3 rings (SSSR count). The summed E-state index contributed by atoms with van der Waals surface area (Å²) in [6, 6.07) is 17.0. The number of amides is 1. The van der Waals surface area contributed by atoms with E-state index in [9.17, 15) is 9.59 Å². The van der Waals surface area contributed by atoms with Crippen LogP contribution in [-0.2, 0) is 0 Å². The van der Waals surface area contributed by atoms with E-state index in [-0.39, 0.29) is 17.4 Å². The van der Waals surface area contributed by atoms with E-state index in [0.29, 0.717) is 22.1 Å². The van der Waals surface area contributed by atoms with Crippen LogP contribution in [0.2, 0.25) is 5.02 Å². The standard InChI is InChI=1S/C19H15ClN4O2/c1-12(25)13-2-6-16(7-3-13)22-19(26)17-10-11-18(24-23-17)21-15-8-4-14(20)5-9-15/h2-11H,1H3,(H,21,24)(H,22,26). The predicted molar refractivity (Wildman–Crippen MR) is 101 cm³/mol. The lowest BCUT2D eigenvalue weighted by atomic mass is 10.1. The first-order chi connectivity index (χ1) is 12.5. The number of rotatable bonds is 5. The summed E-state index contributed by atoms with van der Waals surface area (Å²) in [6.07, 6.45) is 0. The Morgan fingerprint density at radius 1 is 0.846 bits per heavy atom. The number of hydrogen-bond donors (Lipinski definition) is 2. The van der Waals surface area contributed by atoms with Crippen molar-refractivity contribution < 1.29 is 9.59 Å². The third-order valence-corrected chi connectivity index (χ3v) is 3.82. The monoisotopic (exact) mass is 366 g/mol. The van der Waals surface area contributed by atoms with Crippen LogP contribution in [0.1, 0.15) is 27.8 Å². The first-order valence-corrected chi connectivity index (χ1v) is 8.18. The fourth-order valence-electron chi connectivity index (χ4n) is 2.18. The summed E-state index contributed by atoms with van der Waals surface area (Å²) in [6.45, 7) is 1.49. The number of ketones is 1. The first kappa shape index (κ1) is 17.6. The van der Waals surface area contributed by atoms with Gasteiger partial charge in [-0.25, -0.2) is 0 Å². The van der Waals surface area contributed by atoms with Crippen LogP contribution in [-0.4, -0.2) is 21.9 Å². The van der Waals surface area contributed by atoms with E-state index in [4.69, 9.17) is 11.6 Å². The Hall–Kier alpha value is -3.25. The highest BCUT2D eigenvalue weighted by Crippen LogP contribution is 2.17. The Balaban J connectivity index is 1.64. The molecule has 1 aromatic heterocycles. The molecule has 2 aromatic carbocycles. The van der Waals surface area contributed by atoms with Crippen molar-refractivity contribution in [3.05, 3.63) is 76.9 Å². The molecule has 0 radical (unpaired) electrons. The molecule has 0 saturated carbocycles. The van der Waals surface area contributed by atoms with Crippen LogP contribution in [0, 0.1) is 0 Å². The van der Waals surface area contributed by atoms with Crippen molar-refractivity contribution in [3.63, 3.8) is 0 Å². The molecule has 0 fully saturated rings. The smallest absolute Gasteiger partial charge is 0.276 e.